The number of benzene rings is 1. The second kappa shape index (κ2) is 20.9. The number of hydrogen-bond acceptors (Lipinski definition) is 11. The van der Waals surface area contributed by atoms with Gasteiger partial charge in [-0.3, -0.25) is 0 Å². The molecule has 0 saturated heterocycles. The van der Waals surface area contributed by atoms with E-state index in [1.807, 2.05) is 90.7 Å². The van der Waals surface area contributed by atoms with Crippen LogP contribution in [0.3, 0.4) is 0 Å². The van der Waals surface area contributed by atoms with Gasteiger partial charge in [-0.15, -0.1) is 90.7 Å². The van der Waals surface area contributed by atoms with Gasteiger partial charge >= 0.3 is 0 Å². The molecule has 9 aromatic heterocycles. The molecule has 2 nitrogen and oxygen atoms in total. The lowest BCUT2D eigenvalue weighted by Crippen LogP contribution is -1.84. The van der Waals surface area contributed by atoms with E-state index in [0.717, 1.165) is 23.9 Å². The van der Waals surface area contributed by atoms with Crippen LogP contribution in [-0.4, -0.2) is 8.75 Å². The summed E-state index contributed by atoms with van der Waals surface area (Å²) in [7, 11) is 0. The van der Waals surface area contributed by atoms with E-state index in [9.17, 15) is 0 Å². The fourth-order valence-corrected chi connectivity index (χ4v) is 18.3. The molecule has 0 atom stereocenters. The Hall–Kier alpha value is -3.36. The van der Waals surface area contributed by atoms with Crippen LogP contribution in [0.25, 0.3) is 90.4 Å². The number of hydrogen-bond donors (Lipinski definition) is 0. The smallest absolute Gasteiger partial charge is 0.114 e. The number of unbranched alkanes of at least 4 members (excludes halogenated alkanes) is 4. The summed E-state index contributed by atoms with van der Waals surface area (Å²) in [6.07, 6.45) is 14.2. The minimum atomic E-state index is 1.02. The van der Waals surface area contributed by atoms with Gasteiger partial charge in [-0.05, 0) is 157 Å². The van der Waals surface area contributed by atoms with Gasteiger partial charge in [-0.2, -0.15) is 8.75 Å². The number of aryl methyl sites for hydroxylation is 4. The average Bonchev–Trinajstić information content (AvgIpc) is 4.16. The molecule has 0 aliphatic heterocycles. The summed E-state index contributed by atoms with van der Waals surface area (Å²) in [4.78, 5) is 19.2. The summed E-state index contributed by atoms with van der Waals surface area (Å²) in [5.41, 5.74) is 10.3. The number of nitrogens with zero attached hydrogens (tertiary/aromatic N) is 2. The van der Waals surface area contributed by atoms with Gasteiger partial charge in [0.1, 0.15) is 11.0 Å². The summed E-state index contributed by atoms with van der Waals surface area (Å²) < 4.78 is 10.0. The Bertz CT molecular complexity index is 2940. The first-order valence-corrected chi connectivity index (χ1v) is 30.5. The lowest BCUT2D eigenvalue weighted by Gasteiger charge is -2.03. The summed E-state index contributed by atoms with van der Waals surface area (Å²) in [5.74, 6) is 0. The van der Waals surface area contributed by atoms with Gasteiger partial charge in [-0.1, -0.05) is 65.5 Å². The molecule has 0 unspecified atom stereocenters. The Morgan fingerprint density at radius 2 is 0.677 bits per heavy atom. The van der Waals surface area contributed by atoms with Gasteiger partial charge in [0.2, 0.25) is 0 Å². The van der Waals surface area contributed by atoms with Crippen molar-refractivity contribution in [2.45, 2.75) is 105 Å². The van der Waals surface area contributed by atoms with Crippen LogP contribution in [0, 0.1) is 0 Å². The average molecular weight is 1020 g/mol. The maximum Gasteiger partial charge on any atom is 0.114 e. The molecule has 0 spiro atoms. The molecule has 0 aliphatic rings. The van der Waals surface area contributed by atoms with Gasteiger partial charge in [0.15, 0.2) is 0 Å². The quantitative estimate of drug-likeness (QED) is 0.0760. The van der Waals surface area contributed by atoms with E-state index in [-0.39, 0.29) is 0 Å². The molecule has 10 rings (SSSR count). The van der Waals surface area contributed by atoms with Crippen LogP contribution in [0.2, 0.25) is 0 Å². The maximum atomic E-state index is 5.01. The number of thiophene rings is 8. The van der Waals surface area contributed by atoms with Gasteiger partial charge in [-0.25, -0.2) is 0 Å². The minimum Gasteiger partial charge on any atom is -0.172 e. The highest BCUT2D eigenvalue weighted by Gasteiger charge is 2.23. The van der Waals surface area contributed by atoms with Crippen LogP contribution >= 0.6 is 102 Å². The van der Waals surface area contributed by atoms with Crippen LogP contribution in [0.4, 0.5) is 0 Å². The number of aromatic nitrogens is 2. The van der Waals surface area contributed by atoms with E-state index in [1.165, 1.54) is 178 Å². The lowest BCUT2D eigenvalue weighted by atomic mass is 10.0. The Morgan fingerprint density at radius 3 is 1.05 bits per heavy atom. The molecular formula is C54H52N2S9. The molecule has 0 radical (unpaired) electrons. The highest BCUT2D eigenvalue weighted by molar-refractivity contribution is 7.30. The van der Waals surface area contributed by atoms with Crippen LogP contribution in [0.15, 0.2) is 95.7 Å². The van der Waals surface area contributed by atoms with Crippen LogP contribution in [0.1, 0.15) is 101 Å². The second-order valence-electron chi connectivity index (χ2n) is 16.7. The zero-order chi connectivity index (χ0) is 44.3. The molecule has 11 heteroatoms. The Morgan fingerprint density at radius 1 is 0.338 bits per heavy atom. The lowest BCUT2D eigenvalue weighted by molar-refractivity contribution is 0.798. The molecule has 1 aromatic carbocycles. The van der Waals surface area contributed by atoms with Crippen LogP contribution in [-0.2, 0) is 25.7 Å². The van der Waals surface area contributed by atoms with Crippen LogP contribution in [0.5, 0.6) is 0 Å². The summed E-state index contributed by atoms with van der Waals surface area (Å²) in [6.45, 7) is 9.15. The third kappa shape index (κ3) is 9.57. The molecule has 10 aromatic rings. The fourth-order valence-electron chi connectivity index (χ4n) is 8.51. The normalized spacial score (nSPS) is 11.8. The van der Waals surface area contributed by atoms with E-state index in [0.29, 0.717) is 0 Å². The molecule has 0 bridgehead atoms. The first-order valence-electron chi connectivity index (χ1n) is 23.1. The van der Waals surface area contributed by atoms with Crippen molar-refractivity contribution in [3.8, 4) is 79.4 Å². The summed E-state index contributed by atoms with van der Waals surface area (Å²) in [5, 5.41) is 4.52. The third-order valence-electron chi connectivity index (χ3n) is 12.1. The SMILES string of the molecule is CCCCc1ccsc1-c1ccc(-c2ccc(-c3sc(-c4ccc(-c5cc(CCCC)c(-c6ccc(-c7ccc(-c8sccc8CCCC)s7)s6)s5)c5nsnc45)cc3CCCC)s2)s1. The molecule has 9 heterocycles. The number of rotatable bonds is 20. The zero-order valence-electron chi connectivity index (χ0n) is 37.3. The van der Waals surface area contributed by atoms with Crippen molar-refractivity contribution in [3.63, 3.8) is 0 Å². The van der Waals surface area contributed by atoms with E-state index in [1.54, 1.807) is 0 Å². The van der Waals surface area contributed by atoms with Crippen molar-refractivity contribution in [1.82, 2.24) is 8.75 Å². The van der Waals surface area contributed by atoms with E-state index < -0.39 is 0 Å². The highest BCUT2D eigenvalue weighted by atomic mass is 32.1. The largest absolute Gasteiger partial charge is 0.172 e. The zero-order valence-corrected chi connectivity index (χ0v) is 44.6. The third-order valence-corrected chi connectivity index (χ3v) is 22.4. The Balaban J connectivity index is 0.939. The molecule has 0 aliphatic carbocycles. The maximum absolute atomic E-state index is 5.01. The van der Waals surface area contributed by atoms with Gasteiger partial charge in [0.05, 0.1) is 11.7 Å². The fraction of sp³-hybridized carbons (Fsp3) is 0.296. The topological polar surface area (TPSA) is 25.8 Å². The molecule has 0 fully saturated rings. The van der Waals surface area contributed by atoms with E-state index in [4.69, 9.17) is 8.75 Å². The monoisotopic (exact) mass is 1020 g/mol. The van der Waals surface area contributed by atoms with Crippen molar-refractivity contribution in [2.75, 3.05) is 0 Å². The summed E-state index contributed by atoms with van der Waals surface area (Å²) >= 11 is 16.7. The number of fused-ring (bicyclic) bond motifs is 1. The Labute approximate surface area is 420 Å². The molecule has 0 saturated carbocycles. The van der Waals surface area contributed by atoms with Gasteiger partial charge in [0, 0.05) is 79.4 Å². The highest BCUT2D eigenvalue weighted by Crippen LogP contribution is 2.50. The molecule has 332 valence electrons. The first kappa shape index (κ1) is 45.4. The second-order valence-corrected chi connectivity index (χ2v) is 25.5. The van der Waals surface area contributed by atoms with Crippen molar-refractivity contribution >= 4 is 113 Å². The van der Waals surface area contributed by atoms with Crippen molar-refractivity contribution in [2.24, 2.45) is 0 Å². The van der Waals surface area contributed by atoms with Gasteiger partial charge in [0.25, 0.3) is 0 Å². The summed E-state index contributed by atoms with van der Waals surface area (Å²) in [6, 6.07) is 33.0. The molecule has 65 heavy (non-hydrogen) atoms. The Kier molecular flexibility index (Phi) is 14.6. The predicted molar refractivity (Wildman–Crippen MR) is 298 cm³/mol. The van der Waals surface area contributed by atoms with E-state index >= 15 is 0 Å². The first-order chi connectivity index (χ1) is 32.0. The van der Waals surface area contributed by atoms with Crippen molar-refractivity contribution in [1.29, 1.82) is 0 Å². The van der Waals surface area contributed by atoms with E-state index in [2.05, 4.69) is 123 Å². The van der Waals surface area contributed by atoms with Gasteiger partial charge < -0.3 is 0 Å². The van der Waals surface area contributed by atoms with Crippen molar-refractivity contribution < 1.29 is 0 Å². The minimum absolute atomic E-state index is 1.02. The molecule has 0 N–H and O–H groups in total. The van der Waals surface area contributed by atoms with Crippen molar-refractivity contribution in [3.05, 3.63) is 118 Å². The molecular weight excluding hydrogens is 965 g/mol. The molecule has 0 amide bonds. The predicted octanol–water partition coefficient (Wildman–Crippen LogP) is 20.9. The standard InChI is InChI=1S/C54H52N2S9/c1-5-9-13-33-27-29-57-51(33)43-23-19-39(59-43)41-21-25-45(61-41)53-35(15-11-7-3)31-47(63-53)37-17-18-38(50-49(37)55-65-56-50)48-32-36(16-12-8-4)54(64-48)46-26-22-42(62-46)40-20-24-44(60-40)52-34(14-10-6-2)28-30-58-52/h17-32H,5-16H2,1-4H3. The van der Waals surface area contributed by atoms with Crippen LogP contribution < -0.4 is 0 Å².